The molecule has 1 aromatic heterocycles. The molecule has 0 spiro atoms. The Morgan fingerprint density at radius 2 is 1.80 bits per heavy atom. The normalized spacial score (nSPS) is 15.6. The van der Waals surface area contributed by atoms with Gasteiger partial charge < -0.3 is 4.42 Å². The Labute approximate surface area is 177 Å². The summed E-state index contributed by atoms with van der Waals surface area (Å²) in [7, 11) is 0. The molecule has 1 saturated heterocycles. The molecule has 2 heterocycles. The third-order valence-electron chi connectivity index (χ3n) is 4.76. The minimum Gasteiger partial charge on any atom is -0.457 e. The van der Waals surface area contributed by atoms with Crippen LogP contribution < -0.4 is 10.2 Å². The van der Waals surface area contributed by atoms with Gasteiger partial charge in [0.25, 0.3) is 11.8 Å². The molecule has 1 aliphatic heterocycles. The molecule has 0 saturated carbocycles. The molecule has 1 fully saturated rings. The second kappa shape index (κ2) is 8.04. The maximum Gasteiger partial charge on any atom is 0.270 e. The number of hydrogen-bond donors (Lipinski definition) is 1. The van der Waals surface area contributed by atoms with E-state index in [4.69, 9.17) is 16.6 Å². The summed E-state index contributed by atoms with van der Waals surface area (Å²) in [6.45, 7) is 1.98. The Bertz CT molecular complexity index is 1180. The zero-order valence-corrected chi connectivity index (χ0v) is 16.8. The lowest BCUT2D eigenvalue weighted by molar-refractivity contribution is -0.122. The zero-order chi connectivity index (χ0) is 21.3. The predicted molar refractivity (Wildman–Crippen MR) is 116 cm³/mol. The molecule has 0 atom stereocenters. The number of hydrogen-bond acceptors (Lipinski definition) is 4. The van der Waals surface area contributed by atoms with Crippen LogP contribution in [0.2, 0.25) is 0 Å². The number of rotatable bonds is 4. The molecule has 0 radical (unpaired) electrons. The molecule has 30 heavy (non-hydrogen) atoms. The highest BCUT2D eigenvalue weighted by Crippen LogP contribution is 2.28. The first-order valence-corrected chi connectivity index (χ1v) is 9.74. The minimum absolute atomic E-state index is 0.0366. The van der Waals surface area contributed by atoms with Gasteiger partial charge in [-0.05, 0) is 72.7 Å². The summed E-state index contributed by atoms with van der Waals surface area (Å²) in [5.41, 5.74) is 2.15. The maximum atomic E-state index is 13.2. The molecule has 1 aliphatic rings. The number of halogens is 1. The molecule has 0 aliphatic carbocycles. The van der Waals surface area contributed by atoms with E-state index < -0.39 is 11.8 Å². The lowest BCUT2D eigenvalue weighted by atomic mass is 10.1. The van der Waals surface area contributed by atoms with Crippen molar-refractivity contribution in [1.82, 2.24) is 5.32 Å². The van der Waals surface area contributed by atoms with Crippen molar-refractivity contribution < 1.29 is 18.4 Å². The molecule has 1 N–H and O–H groups in total. The monoisotopic (exact) mass is 420 g/mol. The van der Waals surface area contributed by atoms with Gasteiger partial charge in [-0.2, -0.15) is 0 Å². The molecule has 7 heteroatoms. The van der Waals surface area contributed by atoms with Crippen LogP contribution in [0.4, 0.5) is 10.1 Å². The van der Waals surface area contributed by atoms with Gasteiger partial charge in [-0.1, -0.05) is 25.1 Å². The summed E-state index contributed by atoms with van der Waals surface area (Å²) in [4.78, 5) is 27.0. The van der Waals surface area contributed by atoms with Gasteiger partial charge in [-0.15, -0.1) is 0 Å². The number of nitrogens with one attached hydrogen (secondary N) is 1. The fraction of sp³-hybridized carbons (Fsp3) is 0.0870. The minimum atomic E-state index is -0.588. The fourth-order valence-electron chi connectivity index (χ4n) is 3.25. The topological polar surface area (TPSA) is 62.6 Å². The van der Waals surface area contributed by atoms with E-state index in [2.05, 4.69) is 5.32 Å². The summed E-state index contributed by atoms with van der Waals surface area (Å²) in [5.74, 6) is -0.640. The third kappa shape index (κ3) is 3.67. The van der Waals surface area contributed by atoms with E-state index in [9.17, 15) is 14.0 Å². The average Bonchev–Trinajstić information content (AvgIpc) is 3.20. The lowest BCUT2D eigenvalue weighted by Crippen LogP contribution is -2.54. The van der Waals surface area contributed by atoms with E-state index in [1.165, 1.54) is 23.1 Å². The highest BCUT2D eigenvalue weighted by Gasteiger charge is 2.35. The van der Waals surface area contributed by atoms with Crippen LogP contribution in [0.5, 0.6) is 0 Å². The zero-order valence-electron chi connectivity index (χ0n) is 16.0. The number of anilines is 1. The van der Waals surface area contributed by atoms with Gasteiger partial charge >= 0.3 is 0 Å². The van der Waals surface area contributed by atoms with Crippen molar-refractivity contribution in [2.45, 2.75) is 13.3 Å². The maximum absolute atomic E-state index is 13.2. The van der Waals surface area contributed by atoms with E-state index in [-0.39, 0.29) is 16.5 Å². The summed E-state index contributed by atoms with van der Waals surface area (Å²) in [5, 5.41) is 2.61. The highest BCUT2D eigenvalue weighted by molar-refractivity contribution is 7.80. The number of thiocarbonyl (C=S) groups is 1. The molecule has 2 aromatic carbocycles. The second-order valence-corrected chi connectivity index (χ2v) is 7.04. The van der Waals surface area contributed by atoms with Crippen molar-refractivity contribution in [3.63, 3.8) is 0 Å². The van der Waals surface area contributed by atoms with Crippen molar-refractivity contribution in [2.24, 2.45) is 0 Å². The first-order valence-electron chi connectivity index (χ1n) is 9.33. The lowest BCUT2D eigenvalue weighted by Gasteiger charge is -2.30. The molecule has 150 valence electrons. The Morgan fingerprint density at radius 1 is 1.07 bits per heavy atom. The van der Waals surface area contributed by atoms with Crippen molar-refractivity contribution >= 4 is 40.9 Å². The fourth-order valence-corrected chi connectivity index (χ4v) is 3.52. The molecular weight excluding hydrogens is 403 g/mol. The van der Waals surface area contributed by atoms with Crippen LogP contribution in [0.15, 0.2) is 70.7 Å². The largest absolute Gasteiger partial charge is 0.457 e. The molecule has 0 unspecified atom stereocenters. The summed E-state index contributed by atoms with van der Waals surface area (Å²) in [6.07, 6.45) is 2.09. The smallest absolute Gasteiger partial charge is 0.270 e. The van der Waals surface area contributed by atoms with Gasteiger partial charge in [-0.3, -0.25) is 19.8 Å². The van der Waals surface area contributed by atoms with Crippen LogP contribution >= 0.6 is 12.2 Å². The van der Waals surface area contributed by atoms with Crippen LogP contribution in [-0.4, -0.2) is 16.9 Å². The third-order valence-corrected chi connectivity index (χ3v) is 5.04. The van der Waals surface area contributed by atoms with Crippen LogP contribution in [-0.2, 0) is 16.0 Å². The number of carbonyl (C=O) groups is 2. The molecule has 0 bridgehead atoms. The number of furan rings is 1. The van der Waals surface area contributed by atoms with Crippen LogP contribution in [0.1, 0.15) is 18.2 Å². The number of benzene rings is 2. The number of para-hydroxylation sites is 1. The van der Waals surface area contributed by atoms with Crippen LogP contribution in [0.3, 0.4) is 0 Å². The SMILES string of the molecule is CCc1ccccc1N1C(=O)C(=Cc2ccc(-c3ccc(F)cc3)o2)C(=O)NC1=S. The number of carbonyl (C=O) groups excluding carboxylic acids is 2. The summed E-state index contributed by atoms with van der Waals surface area (Å²) in [6, 6.07) is 16.6. The molecular formula is C23H17FN2O3S. The number of aryl methyl sites for hydroxylation is 1. The van der Waals surface area contributed by atoms with E-state index in [0.717, 1.165) is 5.56 Å². The molecule has 2 amide bonds. The Kier molecular flexibility index (Phi) is 5.29. The highest BCUT2D eigenvalue weighted by atomic mass is 32.1. The van der Waals surface area contributed by atoms with Gasteiger partial charge in [0.05, 0.1) is 5.69 Å². The molecule has 3 aromatic rings. The molecule has 5 nitrogen and oxygen atoms in total. The Balaban J connectivity index is 1.69. The van der Waals surface area contributed by atoms with Crippen molar-refractivity contribution in [3.05, 3.63) is 83.4 Å². The number of amides is 2. The van der Waals surface area contributed by atoms with Crippen LogP contribution in [0.25, 0.3) is 17.4 Å². The first-order chi connectivity index (χ1) is 14.5. The Morgan fingerprint density at radius 3 is 2.53 bits per heavy atom. The van der Waals surface area contributed by atoms with E-state index in [1.54, 1.807) is 30.3 Å². The van der Waals surface area contributed by atoms with Crippen molar-refractivity contribution in [3.8, 4) is 11.3 Å². The van der Waals surface area contributed by atoms with Crippen molar-refractivity contribution in [1.29, 1.82) is 0 Å². The summed E-state index contributed by atoms with van der Waals surface area (Å²) >= 11 is 5.26. The van der Waals surface area contributed by atoms with Gasteiger partial charge in [0.2, 0.25) is 0 Å². The standard InChI is InChI=1S/C23H17FN2O3S/c1-2-14-5-3-4-6-19(14)26-22(28)18(21(27)25-23(26)30)13-17-11-12-20(29-17)15-7-9-16(24)10-8-15/h3-13H,2H2,1H3,(H,25,27,30). The Hall–Kier alpha value is -3.58. The second-order valence-electron chi connectivity index (χ2n) is 6.65. The summed E-state index contributed by atoms with van der Waals surface area (Å²) < 4.78 is 18.9. The quantitative estimate of drug-likeness (QED) is 0.384. The first kappa shape index (κ1) is 19.7. The predicted octanol–water partition coefficient (Wildman–Crippen LogP) is 4.48. The van der Waals surface area contributed by atoms with Crippen molar-refractivity contribution in [2.75, 3.05) is 4.90 Å². The van der Waals surface area contributed by atoms with Gasteiger partial charge in [-0.25, -0.2) is 4.39 Å². The van der Waals surface area contributed by atoms with E-state index >= 15 is 0 Å². The van der Waals surface area contributed by atoms with Gasteiger partial charge in [0, 0.05) is 5.56 Å². The van der Waals surface area contributed by atoms with Gasteiger partial charge in [0.1, 0.15) is 22.9 Å². The van der Waals surface area contributed by atoms with Crippen LogP contribution in [0, 0.1) is 5.82 Å². The van der Waals surface area contributed by atoms with E-state index in [0.29, 0.717) is 29.2 Å². The average molecular weight is 420 g/mol. The van der Waals surface area contributed by atoms with Gasteiger partial charge in [0.15, 0.2) is 5.11 Å². The van der Waals surface area contributed by atoms with E-state index in [1.807, 2.05) is 25.1 Å². The molecule has 4 rings (SSSR count). The number of nitrogens with zero attached hydrogens (tertiary/aromatic N) is 1.